The summed E-state index contributed by atoms with van der Waals surface area (Å²) in [5, 5.41) is 0. The molecule has 0 spiro atoms. The molecule has 0 fully saturated rings. The van der Waals surface area contributed by atoms with E-state index in [1.54, 1.807) is 0 Å². The van der Waals surface area contributed by atoms with E-state index in [1.807, 2.05) is 13.8 Å². The molecule has 0 amide bonds. The molecule has 0 unspecified atom stereocenters. The van der Waals surface area contributed by atoms with Gasteiger partial charge in [0.15, 0.2) is 0 Å². The molecule has 0 N–H and O–H groups in total. The van der Waals surface area contributed by atoms with Crippen molar-refractivity contribution >= 4 is 23.9 Å². The Morgan fingerprint density at radius 3 is 1.09 bits per heavy atom. The summed E-state index contributed by atoms with van der Waals surface area (Å²) in [6.07, 6.45) is 4.60. The molecule has 0 aliphatic rings. The minimum atomic E-state index is -0.575. The van der Waals surface area contributed by atoms with Crippen LogP contribution in [-0.4, -0.2) is 23.9 Å². The van der Waals surface area contributed by atoms with Gasteiger partial charge in [-0.3, -0.25) is 19.2 Å². The molecule has 6 nitrogen and oxygen atoms in total. The van der Waals surface area contributed by atoms with Crippen molar-refractivity contribution in [1.82, 2.24) is 0 Å². The van der Waals surface area contributed by atoms with Crippen LogP contribution < -0.4 is 0 Å². The largest absolute Gasteiger partial charge is 0.393 e. The van der Waals surface area contributed by atoms with E-state index in [1.165, 1.54) is 0 Å². The third-order valence-corrected chi connectivity index (χ3v) is 2.94. The van der Waals surface area contributed by atoms with Gasteiger partial charge in [-0.15, -0.1) is 0 Å². The molecule has 0 saturated carbocycles. The van der Waals surface area contributed by atoms with E-state index < -0.39 is 23.9 Å². The molecule has 22 heavy (non-hydrogen) atoms. The van der Waals surface area contributed by atoms with Gasteiger partial charge in [-0.05, 0) is 25.7 Å². The molecule has 0 heterocycles. The Morgan fingerprint density at radius 2 is 0.818 bits per heavy atom. The third-order valence-electron chi connectivity index (χ3n) is 2.94. The Balaban J connectivity index is 3.66. The van der Waals surface area contributed by atoms with Crippen LogP contribution in [0, 0.1) is 0 Å². The molecule has 0 aromatic rings. The van der Waals surface area contributed by atoms with Gasteiger partial charge in [0, 0.05) is 25.7 Å². The SMILES string of the molecule is CCCCC(=O)OC(=O)CCCCC(=O)OC(=O)CCCC. The Kier molecular flexibility index (Phi) is 12.0. The van der Waals surface area contributed by atoms with Crippen molar-refractivity contribution < 1.29 is 28.7 Å². The minimum Gasteiger partial charge on any atom is -0.393 e. The third kappa shape index (κ3) is 12.1. The molecule has 6 heteroatoms. The summed E-state index contributed by atoms with van der Waals surface area (Å²) in [5.74, 6) is -2.16. The summed E-state index contributed by atoms with van der Waals surface area (Å²) >= 11 is 0. The summed E-state index contributed by atoms with van der Waals surface area (Å²) in [5.41, 5.74) is 0. The molecule has 0 aliphatic carbocycles. The molecule has 0 aromatic heterocycles. The van der Waals surface area contributed by atoms with Crippen molar-refractivity contribution in [3.05, 3.63) is 0 Å². The van der Waals surface area contributed by atoms with Gasteiger partial charge in [0.05, 0.1) is 0 Å². The van der Waals surface area contributed by atoms with Crippen molar-refractivity contribution in [2.24, 2.45) is 0 Å². The average molecular weight is 314 g/mol. The first-order chi connectivity index (χ1) is 10.5. The minimum absolute atomic E-state index is 0.0783. The molecule has 0 atom stereocenters. The highest BCUT2D eigenvalue weighted by atomic mass is 16.6. The first kappa shape index (κ1) is 20.3. The Hall–Kier alpha value is -1.72. The molecule has 0 aliphatic heterocycles. The zero-order valence-electron chi connectivity index (χ0n) is 13.5. The van der Waals surface area contributed by atoms with Crippen LogP contribution in [0.3, 0.4) is 0 Å². The van der Waals surface area contributed by atoms with Crippen molar-refractivity contribution in [3.8, 4) is 0 Å². The number of esters is 4. The highest BCUT2D eigenvalue weighted by Gasteiger charge is 2.12. The maximum atomic E-state index is 11.3. The van der Waals surface area contributed by atoms with E-state index in [0.29, 0.717) is 25.7 Å². The summed E-state index contributed by atoms with van der Waals surface area (Å²) in [6.45, 7) is 3.89. The van der Waals surface area contributed by atoms with Crippen LogP contribution in [0.2, 0.25) is 0 Å². The number of unbranched alkanes of at least 4 members (excludes halogenated alkanes) is 3. The van der Waals surface area contributed by atoms with Crippen molar-refractivity contribution in [2.45, 2.75) is 78.1 Å². The highest BCUT2D eigenvalue weighted by molar-refractivity contribution is 5.86. The maximum Gasteiger partial charge on any atom is 0.313 e. The lowest BCUT2D eigenvalue weighted by Crippen LogP contribution is -2.13. The molecular formula is C16H26O6. The predicted molar refractivity (Wildman–Crippen MR) is 79.7 cm³/mol. The van der Waals surface area contributed by atoms with Gasteiger partial charge in [-0.1, -0.05) is 26.7 Å². The molecule has 0 saturated heterocycles. The lowest BCUT2D eigenvalue weighted by Gasteiger charge is -2.03. The topological polar surface area (TPSA) is 86.7 Å². The first-order valence-electron chi connectivity index (χ1n) is 7.96. The molecule has 126 valence electrons. The molecule has 0 aromatic carbocycles. The van der Waals surface area contributed by atoms with Crippen molar-refractivity contribution in [2.75, 3.05) is 0 Å². The van der Waals surface area contributed by atoms with Crippen molar-refractivity contribution in [1.29, 1.82) is 0 Å². The number of carbonyl (C=O) groups is 4. The fraction of sp³-hybridized carbons (Fsp3) is 0.750. The number of hydrogen-bond acceptors (Lipinski definition) is 6. The van der Waals surface area contributed by atoms with Crippen LogP contribution in [0.25, 0.3) is 0 Å². The normalized spacial score (nSPS) is 10.1. The van der Waals surface area contributed by atoms with E-state index in [0.717, 1.165) is 12.8 Å². The number of carbonyl (C=O) groups excluding carboxylic acids is 4. The van der Waals surface area contributed by atoms with Gasteiger partial charge in [0.2, 0.25) is 0 Å². The van der Waals surface area contributed by atoms with Crippen LogP contribution in [0.15, 0.2) is 0 Å². The maximum absolute atomic E-state index is 11.3. The fourth-order valence-corrected chi connectivity index (χ4v) is 1.64. The van der Waals surface area contributed by atoms with Crippen LogP contribution in [0.5, 0.6) is 0 Å². The number of hydrogen-bond donors (Lipinski definition) is 0. The van der Waals surface area contributed by atoms with E-state index >= 15 is 0 Å². The number of rotatable bonds is 11. The van der Waals surface area contributed by atoms with Crippen LogP contribution in [0.1, 0.15) is 78.1 Å². The smallest absolute Gasteiger partial charge is 0.313 e. The Morgan fingerprint density at radius 1 is 0.545 bits per heavy atom. The van der Waals surface area contributed by atoms with E-state index in [9.17, 15) is 19.2 Å². The van der Waals surface area contributed by atoms with E-state index in [4.69, 9.17) is 0 Å². The van der Waals surface area contributed by atoms with Crippen molar-refractivity contribution in [3.63, 3.8) is 0 Å². The standard InChI is InChI=1S/C16H26O6/c1-3-5-9-13(17)21-15(19)11-7-8-12-16(20)22-14(18)10-6-4-2/h3-12H2,1-2H3. The quantitative estimate of drug-likeness (QED) is 0.331. The molecule has 0 radical (unpaired) electrons. The van der Waals surface area contributed by atoms with Crippen LogP contribution in [0.4, 0.5) is 0 Å². The van der Waals surface area contributed by atoms with Gasteiger partial charge in [-0.2, -0.15) is 0 Å². The van der Waals surface area contributed by atoms with Crippen LogP contribution >= 0.6 is 0 Å². The molecular weight excluding hydrogens is 288 g/mol. The second kappa shape index (κ2) is 13.0. The second-order valence-corrected chi connectivity index (χ2v) is 5.11. The summed E-state index contributed by atoms with van der Waals surface area (Å²) in [7, 11) is 0. The van der Waals surface area contributed by atoms with Crippen LogP contribution in [-0.2, 0) is 28.7 Å². The van der Waals surface area contributed by atoms with Gasteiger partial charge < -0.3 is 9.47 Å². The molecule has 0 bridgehead atoms. The zero-order valence-corrected chi connectivity index (χ0v) is 13.5. The predicted octanol–water partition coefficient (Wildman–Crippen LogP) is 3.07. The number of ether oxygens (including phenoxy) is 2. The summed E-state index contributed by atoms with van der Waals surface area (Å²) in [4.78, 5) is 45.1. The lowest BCUT2D eigenvalue weighted by atomic mass is 10.2. The summed E-state index contributed by atoms with van der Waals surface area (Å²) < 4.78 is 9.24. The average Bonchev–Trinajstić information content (AvgIpc) is 2.47. The Labute approximate surface area is 131 Å². The summed E-state index contributed by atoms with van der Waals surface area (Å²) in [6, 6.07) is 0. The monoisotopic (exact) mass is 314 g/mol. The van der Waals surface area contributed by atoms with E-state index in [2.05, 4.69) is 9.47 Å². The van der Waals surface area contributed by atoms with Gasteiger partial charge in [0.1, 0.15) is 0 Å². The zero-order chi connectivity index (χ0) is 16.8. The van der Waals surface area contributed by atoms with Gasteiger partial charge >= 0.3 is 23.9 Å². The van der Waals surface area contributed by atoms with Gasteiger partial charge in [-0.25, -0.2) is 0 Å². The molecule has 0 rings (SSSR count). The second-order valence-electron chi connectivity index (χ2n) is 5.11. The highest BCUT2D eigenvalue weighted by Crippen LogP contribution is 2.06. The first-order valence-corrected chi connectivity index (χ1v) is 7.96. The van der Waals surface area contributed by atoms with Gasteiger partial charge in [0.25, 0.3) is 0 Å². The fourth-order valence-electron chi connectivity index (χ4n) is 1.64. The Bertz CT molecular complexity index is 339. The lowest BCUT2D eigenvalue weighted by molar-refractivity contribution is -0.162. The van der Waals surface area contributed by atoms with E-state index in [-0.39, 0.29) is 25.7 Å².